The van der Waals surface area contributed by atoms with Gasteiger partial charge in [0.2, 0.25) is 11.8 Å². The highest BCUT2D eigenvalue weighted by atomic mass is 16.5. The number of amides is 1. The normalized spacial score (nSPS) is 14.6. The molecule has 4 heterocycles. The van der Waals surface area contributed by atoms with E-state index in [2.05, 4.69) is 20.6 Å². The molecule has 5 rings (SSSR count). The van der Waals surface area contributed by atoms with Crippen LogP contribution in [-0.2, 0) is 4.79 Å². The Labute approximate surface area is 206 Å². The third-order valence-corrected chi connectivity index (χ3v) is 5.79. The van der Waals surface area contributed by atoms with Crippen LogP contribution in [0, 0.1) is 0 Å². The molecular formula is C25H24N6O5. The Morgan fingerprint density at radius 3 is 2.53 bits per heavy atom. The van der Waals surface area contributed by atoms with Gasteiger partial charge in [0.25, 0.3) is 5.91 Å². The summed E-state index contributed by atoms with van der Waals surface area (Å²) >= 11 is 0. The zero-order valence-corrected chi connectivity index (χ0v) is 20.1. The van der Waals surface area contributed by atoms with Crippen LogP contribution in [0.15, 0.2) is 70.7 Å². The molecule has 0 spiro atoms. The summed E-state index contributed by atoms with van der Waals surface area (Å²) in [5.41, 5.74) is 2.20. The van der Waals surface area contributed by atoms with Crippen molar-refractivity contribution in [3.63, 3.8) is 0 Å². The van der Waals surface area contributed by atoms with Crippen molar-refractivity contribution in [3.8, 4) is 28.8 Å². The number of hydrogen-bond donors (Lipinski definition) is 2. The van der Waals surface area contributed by atoms with E-state index >= 15 is 0 Å². The highest BCUT2D eigenvalue weighted by Gasteiger charge is 2.37. The first-order valence-corrected chi connectivity index (χ1v) is 11.0. The van der Waals surface area contributed by atoms with Gasteiger partial charge in [-0.1, -0.05) is 0 Å². The van der Waals surface area contributed by atoms with Crippen molar-refractivity contribution < 1.29 is 23.4 Å². The zero-order valence-electron chi connectivity index (χ0n) is 20.1. The quantitative estimate of drug-likeness (QED) is 0.398. The van der Waals surface area contributed by atoms with Gasteiger partial charge in [0.05, 0.1) is 45.0 Å². The van der Waals surface area contributed by atoms with Crippen molar-refractivity contribution in [1.82, 2.24) is 19.7 Å². The number of ether oxygens (including phenoxy) is 3. The number of anilines is 2. The average Bonchev–Trinajstić information content (AvgIpc) is 3.57. The van der Waals surface area contributed by atoms with Crippen LogP contribution < -0.4 is 24.8 Å². The summed E-state index contributed by atoms with van der Waals surface area (Å²) in [6.45, 7) is 1.81. The number of rotatable bonds is 7. The van der Waals surface area contributed by atoms with Gasteiger partial charge in [-0.05, 0) is 37.3 Å². The summed E-state index contributed by atoms with van der Waals surface area (Å²) < 4.78 is 23.9. The maximum atomic E-state index is 13.7. The van der Waals surface area contributed by atoms with E-state index in [0.29, 0.717) is 57.3 Å². The lowest BCUT2D eigenvalue weighted by Crippen LogP contribution is -2.31. The molecule has 184 valence electrons. The highest BCUT2D eigenvalue weighted by Crippen LogP contribution is 2.44. The molecule has 1 aliphatic rings. The number of nitrogens with one attached hydrogen (secondary N) is 2. The van der Waals surface area contributed by atoms with Gasteiger partial charge in [0.1, 0.15) is 11.8 Å². The molecule has 3 aromatic heterocycles. The molecule has 1 atom stereocenters. The lowest BCUT2D eigenvalue weighted by Gasteiger charge is -2.30. The minimum Gasteiger partial charge on any atom is -0.496 e. The highest BCUT2D eigenvalue weighted by molar-refractivity contribution is 6.06. The summed E-state index contributed by atoms with van der Waals surface area (Å²) in [6, 6.07) is 9.80. The van der Waals surface area contributed by atoms with E-state index in [0.717, 1.165) is 0 Å². The molecule has 0 bridgehead atoms. The lowest BCUT2D eigenvalue weighted by atomic mass is 9.93. The number of fused-ring (bicyclic) bond motifs is 1. The molecule has 2 N–H and O–H groups in total. The molecule has 4 aromatic rings. The number of methoxy groups -OCH3 is 3. The fraction of sp³-hybridized carbons (Fsp3) is 0.200. The molecule has 1 unspecified atom stereocenters. The van der Waals surface area contributed by atoms with Gasteiger partial charge < -0.3 is 29.3 Å². The summed E-state index contributed by atoms with van der Waals surface area (Å²) in [6.07, 6.45) is 4.76. The van der Waals surface area contributed by atoms with Crippen molar-refractivity contribution in [1.29, 1.82) is 0 Å². The SMILES string of the molecule is COc1cc(OC)c(C2C(C(=O)Nc3cccnc3)=C(C)Nc3nc(-c4ccco4)nn32)cc1OC. The number of nitrogens with zero attached hydrogens (tertiary/aromatic N) is 4. The third kappa shape index (κ3) is 4.00. The van der Waals surface area contributed by atoms with Gasteiger partial charge in [-0.3, -0.25) is 9.78 Å². The van der Waals surface area contributed by atoms with Crippen LogP contribution in [0.3, 0.4) is 0 Å². The van der Waals surface area contributed by atoms with Crippen molar-refractivity contribution in [2.24, 2.45) is 0 Å². The van der Waals surface area contributed by atoms with Crippen LogP contribution in [0.5, 0.6) is 17.2 Å². The minimum atomic E-state index is -0.719. The molecule has 1 aliphatic heterocycles. The number of carbonyl (C=O) groups is 1. The van der Waals surface area contributed by atoms with Crippen LogP contribution in [0.25, 0.3) is 11.6 Å². The van der Waals surface area contributed by atoms with Crippen LogP contribution in [0.4, 0.5) is 11.6 Å². The second kappa shape index (κ2) is 9.45. The Hall–Kier alpha value is -4.80. The predicted molar refractivity (Wildman–Crippen MR) is 131 cm³/mol. The van der Waals surface area contributed by atoms with E-state index < -0.39 is 6.04 Å². The standard InChI is InChI=1S/C25H24N6O5/c1-14-21(24(32)28-15-7-5-9-26-13-15)22(16-11-19(34-3)20(35-4)12-18(16)33-2)31-25(27-14)29-23(30-31)17-8-6-10-36-17/h5-13,22H,1-4H3,(H,28,32)(H,27,29,30). The first kappa shape index (κ1) is 23.0. The summed E-state index contributed by atoms with van der Waals surface area (Å²) in [5.74, 6) is 2.42. The maximum absolute atomic E-state index is 13.7. The Morgan fingerprint density at radius 1 is 1.08 bits per heavy atom. The fourth-order valence-electron chi connectivity index (χ4n) is 4.14. The largest absolute Gasteiger partial charge is 0.496 e. The van der Waals surface area contributed by atoms with Crippen LogP contribution in [0.2, 0.25) is 0 Å². The van der Waals surface area contributed by atoms with Gasteiger partial charge >= 0.3 is 0 Å². The molecule has 1 aromatic carbocycles. The van der Waals surface area contributed by atoms with Gasteiger partial charge in [-0.15, -0.1) is 5.10 Å². The molecule has 36 heavy (non-hydrogen) atoms. The van der Waals surface area contributed by atoms with Gasteiger partial charge in [-0.25, -0.2) is 4.68 Å². The number of hydrogen-bond acceptors (Lipinski definition) is 9. The van der Waals surface area contributed by atoms with E-state index in [1.54, 1.807) is 81.1 Å². The molecule has 0 saturated carbocycles. The number of carbonyl (C=O) groups excluding carboxylic acids is 1. The third-order valence-electron chi connectivity index (χ3n) is 5.79. The lowest BCUT2D eigenvalue weighted by molar-refractivity contribution is -0.113. The van der Waals surface area contributed by atoms with E-state index in [4.69, 9.17) is 23.7 Å². The fourth-order valence-corrected chi connectivity index (χ4v) is 4.14. The molecule has 0 saturated heterocycles. The maximum Gasteiger partial charge on any atom is 0.255 e. The van der Waals surface area contributed by atoms with Gasteiger partial charge in [0.15, 0.2) is 17.3 Å². The first-order chi connectivity index (χ1) is 17.5. The van der Waals surface area contributed by atoms with E-state index in [1.165, 1.54) is 0 Å². The molecular weight excluding hydrogens is 464 g/mol. The number of benzene rings is 1. The Morgan fingerprint density at radius 2 is 1.86 bits per heavy atom. The second-order valence-corrected chi connectivity index (χ2v) is 7.89. The molecule has 0 radical (unpaired) electrons. The average molecular weight is 489 g/mol. The monoisotopic (exact) mass is 488 g/mol. The van der Waals surface area contributed by atoms with E-state index in [-0.39, 0.29) is 5.91 Å². The number of pyridine rings is 1. The van der Waals surface area contributed by atoms with Crippen molar-refractivity contribution in [2.75, 3.05) is 32.0 Å². The number of furan rings is 1. The van der Waals surface area contributed by atoms with E-state index in [9.17, 15) is 4.79 Å². The smallest absolute Gasteiger partial charge is 0.255 e. The Kier molecular flexibility index (Phi) is 6.03. The van der Waals surface area contributed by atoms with Crippen molar-refractivity contribution >= 4 is 17.5 Å². The Balaban J connectivity index is 1.69. The van der Waals surface area contributed by atoms with Crippen LogP contribution in [0.1, 0.15) is 18.5 Å². The first-order valence-electron chi connectivity index (χ1n) is 11.0. The van der Waals surface area contributed by atoms with E-state index in [1.807, 2.05) is 6.92 Å². The van der Waals surface area contributed by atoms with Crippen molar-refractivity contribution in [2.45, 2.75) is 13.0 Å². The summed E-state index contributed by atoms with van der Waals surface area (Å²) in [4.78, 5) is 22.4. The molecule has 1 amide bonds. The predicted octanol–water partition coefficient (Wildman–Crippen LogP) is 3.89. The topological polar surface area (TPSA) is 126 Å². The Bertz CT molecular complexity index is 1430. The zero-order chi connectivity index (χ0) is 25.2. The molecule has 11 heteroatoms. The summed E-state index contributed by atoms with van der Waals surface area (Å²) in [5, 5.41) is 10.8. The molecule has 11 nitrogen and oxygen atoms in total. The minimum absolute atomic E-state index is 0.337. The molecule has 0 fully saturated rings. The number of aromatic nitrogens is 4. The summed E-state index contributed by atoms with van der Waals surface area (Å²) in [7, 11) is 4.64. The molecule has 0 aliphatic carbocycles. The van der Waals surface area contributed by atoms with Crippen molar-refractivity contribution in [3.05, 3.63) is 71.9 Å². The van der Waals surface area contributed by atoms with Crippen LogP contribution in [-0.4, -0.2) is 47.0 Å². The van der Waals surface area contributed by atoms with Gasteiger partial charge in [0, 0.05) is 23.5 Å². The van der Waals surface area contributed by atoms with Crippen LogP contribution >= 0.6 is 0 Å². The number of allylic oxidation sites excluding steroid dienone is 1. The second-order valence-electron chi connectivity index (χ2n) is 7.89. The van der Waals surface area contributed by atoms with Gasteiger partial charge in [-0.2, -0.15) is 4.98 Å².